The van der Waals surface area contributed by atoms with Gasteiger partial charge < -0.3 is 16.4 Å². The van der Waals surface area contributed by atoms with E-state index in [1.807, 2.05) is 0 Å². The van der Waals surface area contributed by atoms with Crippen LogP contribution in [0.25, 0.3) is 0 Å². The lowest BCUT2D eigenvalue weighted by Crippen LogP contribution is -2.17. The van der Waals surface area contributed by atoms with Gasteiger partial charge in [0.1, 0.15) is 0 Å². The predicted molar refractivity (Wildman–Crippen MR) is 43.6 cm³/mol. The van der Waals surface area contributed by atoms with Crippen LogP contribution in [0.1, 0.15) is 12.8 Å². The van der Waals surface area contributed by atoms with E-state index >= 15 is 0 Å². The van der Waals surface area contributed by atoms with Gasteiger partial charge in [-0.1, -0.05) is 0 Å². The molecule has 5 N–H and O–H groups in total. The molecule has 0 heterocycles. The Labute approximate surface area is 72.9 Å². The molecule has 0 aromatic carbocycles. The van der Waals surface area contributed by atoms with Gasteiger partial charge in [-0.2, -0.15) is 0 Å². The average Bonchev–Trinajstić information content (AvgIpc) is 1.97. The second-order valence-electron chi connectivity index (χ2n) is 2.00. The monoisotopic (exact) mass is 201 g/mol. The fourth-order valence-corrected chi connectivity index (χ4v) is 1.03. The summed E-state index contributed by atoms with van der Waals surface area (Å²) in [4.78, 5) is 0. The predicted octanol–water partition coefficient (Wildman–Crippen LogP) is -1.18. The summed E-state index contributed by atoms with van der Waals surface area (Å²) in [6.45, 7) is -0.376. The Balaban J connectivity index is 0. The third kappa shape index (κ3) is 7.89. The minimum absolute atomic E-state index is 0. The molecule has 1 unspecified atom stereocenters. The molecule has 0 rings (SSSR count). The molecule has 7 heteroatoms. The summed E-state index contributed by atoms with van der Waals surface area (Å²) in [5.74, 6) is 0. The van der Waals surface area contributed by atoms with Crippen molar-refractivity contribution in [2.24, 2.45) is 0 Å². The van der Waals surface area contributed by atoms with Crippen LogP contribution < -0.4 is 6.15 Å². The first kappa shape index (κ1) is 14.3. The third-order valence-electron chi connectivity index (χ3n) is 1.12. The fraction of sp³-hybridized carbons (Fsp3) is 1.00. The molecule has 76 valence electrons. The molecule has 0 aliphatic rings. The van der Waals surface area contributed by atoms with Crippen molar-refractivity contribution in [1.29, 1.82) is 0 Å². The summed E-state index contributed by atoms with van der Waals surface area (Å²) in [6, 6.07) is 0. The second kappa shape index (κ2) is 8.88. The first-order valence-corrected chi connectivity index (χ1v) is 4.33. The van der Waals surface area contributed by atoms with Gasteiger partial charge in [-0.05, 0) is 12.8 Å². The van der Waals surface area contributed by atoms with Crippen LogP contribution in [0.4, 0.5) is 0 Å². The smallest absolute Gasteiger partial charge is 0.257 e. The van der Waals surface area contributed by atoms with Crippen LogP contribution in [0.5, 0.6) is 0 Å². The molecule has 0 spiro atoms. The molecule has 0 fully saturated rings. The maximum absolute atomic E-state index is 9.97. The van der Waals surface area contributed by atoms with Gasteiger partial charge in [0, 0.05) is 6.61 Å². The summed E-state index contributed by atoms with van der Waals surface area (Å²) < 4.78 is 24.2. The normalized spacial score (nSPS) is 12.6. The molecule has 0 bridgehead atoms. The van der Waals surface area contributed by atoms with E-state index in [0.717, 1.165) is 0 Å². The van der Waals surface area contributed by atoms with Crippen molar-refractivity contribution in [1.82, 2.24) is 6.15 Å². The largest absolute Gasteiger partial charge is 0.396 e. The van der Waals surface area contributed by atoms with Crippen molar-refractivity contribution in [3.8, 4) is 0 Å². The van der Waals surface area contributed by atoms with Crippen LogP contribution in [0, 0.1) is 0 Å². The summed E-state index contributed by atoms with van der Waals surface area (Å²) in [6.07, 6.45) is 0.0633. The summed E-state index contributed by atoms with van der Waals surface area (Å²) in [5, 5.41) is 16.9. The summed E-state index contributed by atoms with van der Waals surface area (Å²) in [7, 11) is -2.90. The first-order chi connectivity index (χ1) is 5.20. The minimum atomic E-state index is -2.90. The van der Waals surface area contributed by atoms with Crippen LogP contribution in [0.2, 0.25) is 0 Å². The quantitative estimate of drug-likeness (QED) is 0.402. The standard InChI is InChI=1S/C5H12O5S.H3N/c6-3-1-2-5(4-7)10-11(8)9;/h5-7,11H,1-4H2;1H3. The van der Waals surface area contributed by atoms with Crippen LogP contribution in [-0.2, 0) is 15.2 Å². The molecular formula is C5H15NO5S. The Morgan fingerprint density at radius 1 is 1.33 bits per heavy atom. The molecule has 0 aliphatic carbocycles. The highest BCUT2D eigenvalue weighted by Crippen LogP contribution is 2.00. The van der Waals surface area contributed by atoms with Crippen LogP contribution >= 0.6 is 0 Å². The minimum Gasteiger partial charge on any atom is -0.396 e. The molecule has 0 saturated heterocycles. The maximum Gasteiger partial charge on any atom is 0.257 e. The first-order valence-electron chi connectivity index (χ1n) is 3.23. The SMILES string of the molecule is N.O=[SH](=O)OC(CO)CCCO. The number of rotatable bonds is 6. The maximum atomic E-state index is 9.97. The Kier molecular flexibility index (Phi) is 10.6. The van der Waals surface area contributed by atoms with E-state index in [9.17, 15) is 8.42 Å². The van der Waals surface area contributed by atoms with E-state index in [1.54, 1.807) is 0 Å². The van der Waals surface area contributed by atoms with Gasteiger partial charge in [0.2, 0.25) is 0 Å². The van der Waals surface area contributed by atoms with Gasteiger partial charge in [-0.25, -0.2) is 8.42 Å². The van der Waals surface area contributed by atoms with Crippen LogP contribution in [0.3, 0.4) is 0 Å². The summed E-state index contributed by atoms with van der Waals surface area (Å²) in [5.41, 5.74) is 0. The molecular weight excluding hydrogens is 186 g/mol. The topological polar surface area (TPSA) is 119 Å². The molecule has 12 heavy (non-hydrogen) atoms. The van der Waals surface area contributed by atoms with Gasteiger partial charge in [0.15, 0.2) is 0 Å². The molecule has 0 aliphatic heterocycles. The van der Waals surface area contributed by atoms with Crippen molar-refractivity contribution in [3.05, 3.63) is 0 Å². The lowest BCUT2D eigenvalue weighted by molar-refractivity contribution is 0.111. The lowest BCUT2D eigenvalue weighted by atomic mass is 10.2. The molecule has 0 radical (unpaired) electrons. The van der Waals surface area contributed by atoms with E-state index in [4.69, 9.17) is 10.2 Å². The number of hydrogen-bond acceptors (Lipinski definition) is 6. The summed E-state index contributed by atoms with van der Waals surface area (Å²) >= 11 is 0. The van der Waals surface area contributed by atoms with Gasteiger partial charge in [-0.15, -0.1) is 0 Å². The average molecular weight is 201 g/mol. The van der Waals surface area contributed by atoms with E-state index in [2.05, 4.69) is 4.18 Å². The number of hydrogen-bond donors (Lipinski definition) is 4. The van der Waals surface area contributed by atoms with Crippen molar-refractivity contribution >= 4 is 11.0 Å². The van der Waals surface area contributed by atoms with Crippen molar-refractivity contribution < 1.29 is 22.8 Å². The molecule has 6 nitrogen and oxygen atoms in total. The van der Waals surface area contributed by atoms with E-state index < -0.39 is 17.1 Å². The highest BCUT2D eigenvalue weighted by Gasteiger charge is 2.07. The third-order valence-corrected chi connectivity index (χ3v) is 1.59. The van der Waals surface area contributed by atoms with Gasteiger partial charge in [0.05, 0.1) is 12.7 Å². The molecule has 1 atom stereocenters. The Morgan fingerprint density at radius 2 is 1.92 bits per heavy atom. The zero-order valence-corrected chi connectivity index (χ0v) is 7.57. The van der Waals surface area contributed by atoms with Gasteiger partial charge >= 0.3 is 0 Å². The van der Waals surface area contributed by atoms with E-state index in [-0.39, 0.29) is 19.4 Å². The number of aliphatic hydroxyl groups is 2. The Hall–Kier alpha value is -0.210. The highest BCUT2D eigenvalue weighted by molar-refractivity contribution is 7.67. The molecule has 0 amide bonds. The van der Waals surface area contributed by atoms with Crippen molar-refractivity contribution in [3.63, 3.8) is 0 Å². The van der Waals surface area contributed by atoms with Crippen molar-refractivity contribution in [2.45, 2.75) is 18.9 Å². The fourth-order valence-electron chi connectivity index (χ4n) is 0.618. The zero-order valence-electron chi connectivity index (χ0n) is 6.68. The molecule has 0 aromatic heterocycles. The van der Waals surface area contributed by atoms with E-state index in [1.165, 1.54) is 0 Å². The van der Waals surface area contributed by atoms with Crippen molar-refractivity contribution in [2.75, 3.05) is 13.2 Å². The van der Waals surface area contributed by atoms with Crippen LogP contribution in [-0.4, -0.2) is 37.9 Å². The zero-order chi connectivity index (χ0) is 8.69. The Morgan fingerprint density at radius 3 is 2.25 bits per heavy atom. The second-order valence-corrected chi connectivity index (χ2v) is 2.66. The molecule has 0 saturated carbocycles. The van der Waals surface area contributed by atoms with E-state index in [0.29, 0.717) is 12.8 Å². The van der Waals surface area contributed by atoms with Gasteiger partial charge in [-0.3, -0.25) is 4.18 Å². The highest BCUT2D eigenvalue weighted by atomic mass is 32.2. The Bertz CT molecular complexity index is 152. The number of aliphatic hydroxyl groups excluding tert-OH is 2. The van der Waals surface area contributed by atoms with Crippen LogP contribution in [0.15, 0.2) is 0 Å². The number of thiol groups is 1. The molecule has 0 aromatic rings. The lowest BCUT2D eigenvalue weighted by Gasteiger charge is -2.08. The van der Waals surface area contributed by atoms with Gasteiger partial charge in [0.25, 0.3) is 11.0 Å².